The van der Waals surface area contributed by atoms with Gasteiger partial charge in [-0.05, 0) is 36.4 Å². The maximum Gasteiger partial charge on any atom is 0.0693 e. The third-order valence-electron chi connectivity index (χ3n) is 2.57. The van der Waals surface area contributed by atoms with Crippen molar-refractivity contribution in [3.05, 3.63) is 35.9 Å². The van der Waals surface area contributed by atoms with Crippen molar-refractivity contribution in [2.75, 3.05) is 31.3 Å². The number of hydrogen-bond donors (Lipinski definition) is 1. The zero-order valence-corrected chi connectivity index (χ0v) is 10.3. The van der Waals surface area contributed by atoms with Gasteiger partial charge in [-0.2, -0.15) is 0 Å². The Bertz CT molecular complexity index is 376. The summed E-state index contributed by atoms with van der Waals surface area (Å²) < 4.78 is 5.40. The number of benzene rings is 1. The maximum atomic E-state index is 5.40. The van der Waals surface area contributed by atoms with Crippen LogP contribution in [0.2, 0.25) is 0 Å². The molecule has 0 radical (unpaired) electrons. The molecule has 0 spiro atoms. The first-order chi connectivity index (χ1) is 7.88. The molecule has 1 aromatic carbocycles. The molecule has 0 fully saturated rings. The van der Waals surface area contributed by atoms with Crippen molar-refractivity contribution >= 4 is 17.4 Å². The van der Waals surface area contributed by atoms with Crippen LogP contribution in [0.3, 0.4) is 0 Å². The lowest BCUT2D eigenvalue weighted by Crippen LogP contribution is -2.13. The van der Waals surface area contributed by atoms with Crippen molar-refractivity contribution in [1.82, 2.24) is 0 Å². The zero-order chi connectivity index (χ0) is 11.2. The van der Waals surface area contributed by atoms with E-state index in [-0.39, 0.29) is 0 Å². The van der Waals surface area contributed by atoms with Crippen LogP contribution in [0.4, 0.5) is 5.69 Å². The first kappa shape index (κ1) is 11.6. The van der Waals surface area contributed by atoms with E-state index in [9.17, 15) is 0 Å². The van der Waals surface area contributed by atoms with Crippen molar-refractivity contribution in [1.29, 1.82) is 0 Å². The van der Waals surface area contributed by atoms with Gasteiger partial charge in [0.15, 0.2) is 0 Å². The zero-order valence-electron chi connectivity index (χ0n) is 9.53. The quantitative estimate of drug-likeness (QED) is 0.640. The van der Waals surface area contributed by atoms with Crippen molar-refractivity contribution in [2.24, 2.45) is 0 Å². The molecule has 0 aliphatic carbocycles. The molecule has 0 unspecified atom stereocenters. The Morgan fingerprint density at radius 1 is 1.44 bits per heavy atom. The van der Waals surface area contributed by atoms with Gasteiger partial charge in [0.05, 0.1) is 13.2 Å². The Kier molecular flexibility index (Phi) is 4.31. The highest BCUT2D eigenvalue weighted by molar-refractivity contribution is 7.98. The molecule has 1 heterocycles. The molecule has 0 aromatic heterocycles. The standard InChI is InChI=1S/C13H17NOS/c1-16-13-6-2-5-12(8-13)14-9-11-4-3-7-15-10-11/h2,4-6,8,14H,3,7,9-10H2,1H3. The van der Waals surface area contributed by atoms with E-state index in [1.54, 1.807) is 11.8 Å². The second kappa shape index (κ2) is 5.97. The average Bonchev–Trinajstić information content (AvgIpc) is 2.38. The molecule has 1 aliphatic rings. The monoisotopic (exact) mass is 235 g/mol. The van der Waals surface area contributed by atoms with Crippen LogP contribution < -0.4 is 5.32 Å². The minimum absolute atomic E-state index is 0.773. The van der Waals surface area contributed by atoms with Crippen LogP contribution in [-0.2, 0) is 4.74 Å². The maximum absolute atomic E-state index is 5.40. The topological polar surface area (TPSA) is 21.3 Å². The third-order valence-corrected chi connectivity index (χ3v) is 3.30. The number of hydrogen-bond acceptors (Lipinski definition) is 3. The van der Waals surface area contributed by atoms with E-state index < -0.39 is 0 Å². The number of anilines is 1. The van der Waals surface area contributed by atoms with Crippen LogP contribution in [0, 0.1) is 0 Å². The van der Waals surface area contributed by atoms with Gasteiger partial charge in [0.25, 0.3) is 0 Å². The Balaban J connectivity index is 1.91. The summed E-state index contributed by atoms with van der Waals surface area (Å²) in [6.07, 6.45) is 5.41. The molecular formula is C13H17NOS. The molecule has 0 saturated heterocycles. The number of nitrogens with one attached hydrogen (secondary N) is 1. The summed E-state index contributed by atoms with van der Waals surface area (Å²) in [5.41, 5.74) is 2.53. The molecule has 2 rings (SSSR count). The molecule has 1 N–H and O–H groups in total. The average molecular weight is 235 g/mol. The van der Waals surface area contributed by atoms with E-state index in [4.69, 9.17) is 4.74 Å². The fourth-order valence-electron chi connectivity index (χ4n) is 1.68. The largest absolute Gasteiger partial charge is 0.381 e. The van der Waals surface area contributed by atoms with Gasteiger partial charge in [-0.25, -0.2) is 0 Å². The fourth-order valence-corrected chi connectivity index (χ4v) is 2.14. The summed E-state index contributed by atoms with van der Waals surface area (Å²) >= 11 is 1.77. The van der Waals surface area contributed by atoms with Crippen molar-refractivity contribution < 1.29 is 4.74 Å². The van der Waals surface area contributed by atoms with Gasteiger partial charge in [-0.1, -0.05) is 12.1 Å². The van der Waals surface area contributed by atoms with Gasteiger partial charge in [-0.3, -0.25) is 0 Å². The minimum atomic E-state index is 0.773. The third kappa shape index (κ3) is 3.29. The van der Waals surface area contributed by atoms with Crippen molar-refractivity contribution in [3.8, 4) is 0 Å². The van der Waals surface area contributed by atoms with E-state index in [0.717, 1.165) is 26.2 Å². The first-order valence-electron chi connectivity index (χ1n) is 5.52. The highest BCUT2D eigenvalue weighted by Crippen LogP contribution is 2.19. The normalized spacial score (nSPS) is 15.7. The predicted molar refractivity (Wildman–Crippen MR) is 70.2 cm³/mol. The number of thioether (sulfide) groups is 1. The predicted octanol–water partition coefficient (Wildman–Crippen LogP) is 3.17. The molecule has 0 atom stereocenters. The Morgan fingerprint density at radius 2 is 2.38 bits per heavy atom. The molecule has 86 valence electrons. The van der Waals surface area contributed by atoms with Gasteiger partial charge < -0.3 is 10.1 Å². The molecule has 0 bridgehead atoms. The lowest BCUT2D eigenvalue weighted by atomic mass is 10.2. The smallest absolute Gasteiger partial charge is 0.0693 e. The first-order valence-corrected chi connectivity index (χ1v) is 6.74. The summed E-state index contributed by atoms with van der Waals surface area (Å²) in [5, 5.41) is 3.43. The number of rotatable bonds is 4. The molecule has 0 saturated carbocycles. The van der Waals surface area contributed by atoms with E-state index >= 15 is 0 Å². The van der Waals surface area contributed by atoms with E-state index in [0.29, 0.717) is 0 Å². The summed E-state index contributed by atoms with van der Waals surface area (Å²) in [4.78, 5) is 1.29. The minimum Gasteiger partial charge on any atom is -0.381 e. The van der Waals surface area contributed by atoms with Crippen LogP contribution >= 0.6 is 11.8 Å². The Hall–Kier alpha value is -0.930. The fraction of sp³-hybridized carbons (Fsp3) is 0.385. The van der Waals surface area contributed by atoms with Crippen LogP contribution in [0.25, 0.3) is 0 Å². The van der Waals surface area contributed by atoms with Gasteiger partial charge in [0.2, 0.25) is 0 Å². The summed E-state index contributed by atoms with van der Waals surface area (Å²) in [6, 6.07) is 8.48. The van der Waals surface area contributed by atoms with Crippen molar-refractivity contribution in [3.63, 3.8) is 0 Å². The van der Waals surface area contributed by atoms with E-state index in [2.05, 4.69) is 41.9 Å². The summed E-state index contributed by atoms with van der Waals surface area (Å²) in [5.74, 6) is 0. The molecule has 16 heavy (non-hydrogen) atoms. The van der Waals surface area contributed by atoms with Crippen molar-refractivity contribution in [2.45, 2.75) is 11.3 Å². The lowest BCUT2D eigenvalue weighted by Gasteiger charge is -2.15. The van der Waals surface area contributed by atoms with Crippen LogP contribution in [0.15, 0.2) is 40.8 Å². The molecule has 2 nitrogen and oxygen atoms in total. The van der Waals surface area contributed by atoms with Gasteiger partial charge in [-0.15, -0.1) is 11.8 Å². The molecule has 1 aromatic rings. The highest BCUT2D eigenvalue weighted by Gasteiger charge is 2.03. The van der Waals surface area contributed by atoms with Gasteiger partial charge in [0, 0.05) is 17.1 Å². The second-order valence-corrected chi connectivity index (χ2v) is 4.67. The van der Waals surface area contributed by atoms with E-state index in [1.165, 1.54) is 16.2 Å². The second-order valence-electron chi connectivity index (χ2n) is 3.79. The van der Waals surface area contributed by atoms with Crippen LogP contribution in [0.1, 0.15) is 6.42 Å². The highest BCUT2D eigenvalue weighted by atomic mass is 32.2. The lowest BCUT2D eigenvalue weighted by molar-refractivity contribution is 0.150. The van der Waals surface area contributed by atoms with E-state index in [1.807, 2.05) is 0 Å². The Labute approximate surface area is 101 Å². The Morgan fingerprint density at radius 3 is 3.12 bits per heavy atom. The van der Waals surface area contributed by atoms with Gasteiger partial charge >= 0.3 is 0 Å². The molecule has 3 heteroatoms. The number of ether oxygens (including phenoxy) is 1. The summed E-state index contributed by atoms with van der Waals surface area (Å²) in [6.45, 7) is 2.53. The molecule has 0 amide bonds. The summed E-state index contributed by atoms with van der Waals surface area (Å²) in [7, 11) is 0. The SMILES string of the molecule is CSc1cccc(NCC2=CCCOC2)c1. The molecular weight excluding hydrogens is 218 g/mol. The van der Waals surface area contributed by atoms with Crippen LogP contribution in [0.5, 0.6) is 0 Å². The van der Waals surface area contributed by atoms with Crippen LogP contribution in [-0.4, -0.2) is 26.0 Å². The molecule has 1 aliphatic heterocycles. The van der Waals surface area contributed by atoms with Gasteiger partial charge in [0.1, 0.15) is 0 Å².